The van der Waals surface area contributed by atoms with Crippen molar-refractivity contribution in [3.05, 3.63) is 71.8 Å². The van der Waals surface area contributed by atoms with Crippen LogP contribution in [0.25, 0.3) is 0 Å². The predicted octanol–water partition coefficient (Wildman–Crippen LogP) is 3.59. The molecule has 0 bridgehead atoms. The van der Waals surface area contributed by atoms with Crippen LogP contribution in [-0.2, 0) is 4.84 Å². The van der Waals surface area contributed by atoms with E-state index in [9.17, 15) is 0 Å². The normalized spacial score (nSPS) is 22.4. The molecular weight excluding hydrogens is 222 g/mol. The van der Waals surface area contributed by atoms with Crippen LogP contribution in [0.2, 0.25) is 0 Å². The van der Waals surface area contributed by atoms with Crippen LogP contribution in [0.3, 0.4) is 0 Å². The second kappa shape index (κ2) is 4.65. The Bertz CT molecular complexity index is 548. The fraction of sp³-hybridized carbons (Fsp3) is 0.188. The monoisotopic (exact) mass is 237 g/mol. The minimum atomic E-state index is 0.0857. The molecule has 0 spiro atoms. The van der Waals surface area contributed by atoms with Crippen molar-refractivity contribution in [2.75, 3.05) is 0 Å². The first-order chi connectivity index (χ1) is 8.86. The molecule has 2 aromatic carbocycles. The number of nitrogens with zero attached hydrogens (tertiary/aromatic N) is 1. The third-order valence-corrected chi connectivity index (χ3v) is 3.31. The average molecular weight is 237 g/mol. The summed E-state index contributed by atoms with van der Waals surface area (Å²) in [6.45, 7) is 2.07. The summed E-state index contributed by atoms with van der Waals surface area (Å²) in [4.78, 5) is 5.47. The molecule has 1 aliphatic heterocycles. The molecule has 2 atom stereocenters. The highest BCUT2D eigenvalue weighted by Crippen LogP contribution is 2.31. The maximum atomic E-state index is 5.47. The first-order valence-electron chi connectivity index (χ1n) is 6.20. The molecule has 2 nitrogen and oxygen atoms in total. The molecule has 2 heteroatoms. The molecule has 0 fully saturated rings. The van der Waals surface area contributed by atoms with Crippen LogP contribution in [0.15, 0.2) is 65.8 Å². The van der Waals surface area contributed by atoms with Crippen molar-refractivity contribution in [3.63, 3.8) is 0 Å². The number of hydrogen-bond acceptors (Lipinski definition) is 2. The lowest BCUT2D eigenvalue weighted by atomic mass is 9.87. The van der Waals surface area contributed by atoms with Gasteiger partial charge in [0.1, 0.15) is 6.10 Å². The van der Waals surface area contributed by atoms with Gasteiger partial charge in [-0.15, -0.1) is 0 Å². The number of benzene rings is 2. The SMILES string of the molecule is C[C@H]1ON=C(c2ccccc2)[C@@H]1c1ccccc1. The zero-order chi connectivity index (χ0) is 12.4. The zero-order valence-electron chi connectivity index (χ0n) is 10.3. The second-order valence-electron chi connectivity index (χ2n) is 4.54. The van der Waals surface area contributed by atoms with Gasteiger partial charge in [-0.25, -0.2) is 0 Å². The Morgan fingerprint density at radius 1 is 0.889 bits per heavy atom. The Labute approximate surface area is 107 Å². The molecule has 1 heterocycles. The summed E-state index contributed by atoms with van der Waals surface area (Å²) < 4.78 is 0. The van der Waals surface area contributed by atoms with E-state index in [0.717, 1.165) is 11.3 Å². The summed E-state index contributed by atoms with van der Waals surface area (Å²) in [5.74, 6) is 0.216. The van der Waals surface area contributed by atoms with E-state index in [4.69, 9.17) is 4.84 Å². The summed E-state index contributed by atoms with van der Waals surface area (Å²) in [6, 6.07) is 20.6. The van der Waals surface area contributed by atoms with Crippen molar-refractivity contribution in [2.24, 2.45) is 5.16 Å². The van der Waals surface area contributed by atoms with E-state index in [1.807, 2.05) is 24.3 Å². The van der Waals surface area contributed by atoms with Gasteiger partial charge in [-0.1, -0.05) is 65.8 Å². The minimum Gasteiger partial charge on any atom is -0.391 e. The lowest BCUT2D eigenvalue weighted by Gasteiger charge is -2.15. The first kappa shape index (κ1) is 11.0. The van der Waals surface area contributed by atoms with Crippen LogP contribution >= 0.6 is 0 Å². The Morgan fingerprint density at radius 3 is 2.17 bits per heavy atom. The zero-order valence-corrected chi connectivity index (χ0v) is 10.3. The van der Waals surface area contributed by atoms with Crippen molar-refractivity contribution in [3.8, 4) is 0 Å². The van der Waals surface area contributed by atoms with Crippen molar-refractivity contribution in [2.45, 2.75) is 18.9 Å². The minimum absolute atomic E-state index is 0.0857. The standard InChI is InChI=1S/C16H15NO/c1-12-15(13-8-4-2-5-9-13)16(17-18-12)14-10-6-3-7-11-14/h2-12,15H,1H3/t12-,15+/m1/s1. The topological polar surface area (TPSA) is 21.6 Å². The van der Waals surface area contributed by atoms with Gasteiger partial charge in [-0.3, -0.25) is 0 Å². The van der Waals surface area contributed by atoms with Crippen molar-refractivity contribution in [1.29, 1.82) is 0 Å². The Morgan fingerprint density at radius 2 is 1.50 bits per heavy atom. The van der Waals surface area contributed by atoms with E-state index < -0.39 is 0 Å². The van der Waals surface area contributed by atoms with E-state index in [-0.39, 0.29) is 12.0 Å². The van der Waals surface area contributed by atoms with Gasteiger partial charge in [-0.05, 0) is 12.5 Å². The molecule has 0 saturated heterocycles. The number of oxime groups is 1. The largest absolute Gasteiger partial charge is 0.391 e. The Hall–Kier alpha value is -2.09. The molecule has 3 rings (SSSR count). The van der Waals surface area contributed by atoms with E-state index >= 15 is 0 Å². The average Bonchev–Trinajstić information content (AvgIpc) is 2.83. The van der Waals surface area contributed by atoms with Crippen LogP contribution in [0.4, 0.5) is 0 Å². The molecule has 0 unspecified atom stereocenters. The Balaban J connectivity index is 2.00. The molecule has 0 amide bonds. The third kappa shape index (κ3) is 1.90. The smallest absolute Gasteiger partial charge is 0.137 e. The maximum absolute atomic E-state index is 5.47. The van der Waals surface area contributed by atoms with Crippen LogP contribution in [-0.4, -0.2) is 11.8 Å². The molecule has 0 saturated carbocycles. The lowest BCUT2D eigenvalue weighted by molar-refractivity contribution is 0.0905. The maximum Gasteiger partial charge on any atom is 0.137 e. The fourth-order valence-electron chi connectivity index (χ4n) is 2.41. The molecule has 90 valence electrons. The van der Waals surface area contributed by atoms with Gasteiger partial charge >= 0.3 is 0 Å². The van der Waals surface area contributed by atoms with Gasteiger partial charge in [0.05, 0.1) is 11.6 Å². The number of rotatable bonds is 2. The van der Waals surface area contributed by atoms with Gasteiger partial charge in [-0.2, -0.15) is 0 Å². The fourth-order valence-corrected chi connectivity index (χ4v) is 2.41. The second-order valence-corrected chi connectivity index (χ2v) is 4.54. The first-order valence-corrected chi connectivity index (χ1v) is 6.20. The summed E-state index contributed by atoms with van der Waals surface area (Å²) in [6.07, 6.45) is 0.0857. The van der Waals surface area contributed by atoms with E-state index in [1.54, 1.807) is 0 Å². The molecule has 0 radical (unpaired) electrons. The molecule has 0 N–H and O–H groups in total. The summed E-state index contributed by atoms with van der Waals surface area (Å²) in [5, 5.41) is 4.26. The molecular formula is C16H15NO. The predicted molar refractivity (Wildman–Crippen MR) is 72.7 cm³/mol. The van der Waals surface area contributed by atoms with Crippen LogP contribution in [0.1, 0.15) is 24.0 Å². The van der Waals surface area contributed by atoms with E-state index in [0.29, 0.717) is 0 Å². The summed E-state index contributed by atoms with van der Waals surface area (Å²) >= 11 is 0. The van der Waals surface area contributed by atoms with Crippen molar-refractivity contribution in [1.82, 2.24) is 0 Å². The van der Waals surface area contributed by atoms with Gasteiger partial charge < -0.3 is 4.84 Å². The van der Waals surface area contributed by atoms with Gasteiger partial charge in [0.15, 0.2) is 0 Å². The quantitative estimate of drug-likeness (QED) is 0.782. The highest BCUT2D eigenvalue weighted by Gasteiger charge is 2.32. The van der Waals surface area contributed by atoms with Gasteiger partial charge in [0, 0.05) is 5.56 Å². The van der Waals surface area contributed by atoms with Crippen LogP contribution in [0, 0.1) is 0 Å². The lowest BCUT2D eigenvalue weighted by Crippen LogP contribution is -2.19. The third-order valence-electron chi connectivity index (χ3n) is 3.31. The Kier molecular flexibility index (Phi) is 2.85. The van der Waals surface area contributed by atoms with Crippen molar-refractivity contribution >= 4 is 5.71 Å². The van der Waals surface area contributed by atoms with E-state index in [2.05, 4.69) is 48.5 Å². The van der Waals surface area contributed by atoms with Crippen LogP contribution in [0.5, 0.6) is 0 Å². The van der Waals surface area contributed by atoms with Gasteiger partial charge in [0.25, 0.3) is 0 Å². The highest BCUT2D eigenvalue weighted by molar-refractivity contribution is 6.06. The summed E-state index contributed by atoms with van der Waals surface area (Å²) in [5.41, 5.74) is 3.41. The highest BCUT2D eigenvalue weighted by atomic mass is 16.6. The summed E-state index contributed by atoms with van der Waals surface area (Å²) in [7, 11) is 0. The number of hydrogen-bond donors (Lipinski definition) is 0. The van der Waals surface area contributed by atoms with E-state index in [1.165, 1.54) is 5.56 Å². The molecule has 0 aromatic heterocycles. The molecule has 2 aromatic rings. The molecule has 1 aliphatic rings. The van der Waals surface area contributed by atoms with Crippen LogP contribution < -0.4 is 0 Å². The molecule has 0 aliphatic carbocycles. The van der Waals surface area contributed by atoms with Gasteiger partial charge in [0.2, 0.25) is 0 Å². The molecule has 18 heavy (non-hydrogen) atoms. The van der Waals surface area contributed by atoms with Crippen molar-refractivity contribution < 1.29 is 4.84 Å².